The van der Waals surface area contributed by atoms with Crippen LogP contribution in [0.2, 0.25) is 0 Å². The minimum atomic E-state index is -0.925. The Balaban J connectivity index is 4.29. The third-order valence-electron chi connectivity index (χ3n) is 1.98. The van der Waals surface area contributed by atoms with Gasteiger partial charge in [-0.3, -0.25) is 4.79 Å². The van der Waals surface area contributed by atoms with Crippen LogP contribution in [0.15, 0.2) is 12.7 Å². The summed E-state index contributed by atoms with van der Waals surface area (Å²) >= 11 is 0. The quantitative estimate of drug-likeness (QED) is 0.700. The Morgan fingerprint density at radius 1 is 1.44 bits per heavy atom. The number of hydrogen-bond donors (Lipinski definition) is 2. The second kappa shape index (κ2) is 6.15. The molecule has 0 spiro atoms. The van der Waals surface area contributed by atoms with Crippen molar-refractivity contribution in [1.82, 2.24) is 10.2 Å². The van der Waals surface area contributed by atoms with E-state index in [4.69, 9.17) is 5.11 Å². The molecule has 0 aliphatic rings. The van der Waals surface area contributed by atoms with Crippen LogP contribution >= 0.6 is 0 Å². The highest BCUT2D eigenvalue weighted by Crippen LogP contribution is 2.12. The monoisotopic (exact) mass is 228 g/mol. The maximum Gasteiger partial charge on any atom is 0.318 e. The van der Waals surface area contributed by atoms with Gasteiger partial charge in [0.2, 0.25) is 0 Å². The van der Waals surface area contributed by atoms with Gasteiger partial charge in [0.25, 0.3) is 0 Å². The average molecular weight is 228 g/mol. The summed E-state index contributed by atoms with van der Waals surface area (Å²) in [6.45, 7) is 9.89. The molecular formula is C11H20N2O3. The lowest BCUT2D eigenvalue weighted by Crippen LogP contribution is -2.50. The number of carboxylic acid groups (broad SMARTS) is 1. The van der Waals surface area contributed by atoms with Gasteiger partial charge in [-0.05, 0) is 20.8 Å². The van der Waals surface area contributed by atoms with Crippen LogP contribution in [0.1, 0.15) is 27.2 Å². The minimum Gasteiger partial charge on any atom is -0.481 e. The van der Waals surface area contributed by atoms with Crippen LogP contribution in [0.5, 0.6) is 0 Å². The van der Waals surface area contributed by atoms with Gasteiger partial charge < -0.3 is 15.3 Å². The van der Waals surface area contributed by atoms with E-state index in [0.29, 0.717) is 6.54 Å². The van der Waals surface area contributed by atoms with E-state index in [0.717, 1.165) is 0 Å². The van der Waals surface area contributed by atoms with Crippen molar-refractivity contribution in [2.24, 2.45) is 0 Å². The van der Waals surface area contributed by atoms with Crippen molar-refractivity contribution in [2.75, 3.05) is 13.1 Å². The van der Waals surface area contributed by atoms with E-state index in [9.17, 15) is 9.59 Å². The first-order valence-electron chi connectivity index (χ1n) is 5.17. The van der Waals surface area contributed by atoms with Crippen molar-refractivity contribution < 1.29 is 14.7 Å². The molecule has 0 aromatic rings. The number of carboxylic acids is 1. The van der Waals surface area contributed by atoms with Crippen molar-refractivity contribution >= 4 is 12.0 Å². The topological polar surface area (TPSA) is 69.6 Å². The summed E-state index contributed by atoms with van der Waals surface area (Å²) in [4.78, 5) is 23.6. The van der Waals surface area contributed by atoms with E-state index in [2.05, 4.69) is 11.9 Å². The van der Waals surface area contributed by atoms with Gasteiger partial charge in [-0.15, -0.1) is 6.58 Å². The molecule has 5 heteroatoms. The molecule has 0 unspecified atom stereocenters. The van der Waals surface area contributed by atoms with Crippen LogP contribution in [0.25, 0.3) is 0 Å². The lowest BCUT2D eigenvalue weighted by atomic mass is 10.1. The number of nitrogens with one attached hydrogen (secondary N) is 1. The van der Waals surface area contributed by atoms with Crippen molar-refractivity contribution in [3.63, 3.8) is 0 Å². The van der Waals surface area contributed by atoms with Crippen LogP contribution in [-0.2, 0) is 4.79 Å². The van der Waals surface area contributed by atoms with E-state index in [1.807, 2.05) is 20.8 Å². The average Bonchev–Trinajstić information content (AvgIpc) is 2.11. The van der Waals surface area contributed by atoms with Crippen molar-refractivity contribution in [1.29, 1.82) is 0 Å². The first-order valence-corrected chi connectivity index (χ1v) is 5.17. The molecular weight excluding hydrogens is 208 g/mol. The zero-order chi connectivity index (χ0) is 12.8. The summed E-state index contributed by atoms with van der Waals surface area (Å²) < 4.78 is 0. The van der Waals surface area contributed by atoms with Crippen LogP contribution < -0.4 is 5.32 Å². The molecule has 0 radical (unpaired) electrons. The first kappa shape index (κ1) is 14.5. The van der Waals surface area contributed by atoms with E-state index in [1.54, 1.807) is 11.0 Å². The molecule has 92 valence electrons. The third kappa shape index (κ3) is 5.38. The molecule has 0 aliphatic carbocycles. The normalized spacial score (nSPS) is 10.7. The summed E-state index contributed by atoms with van der Waals surface area (Å²) in [5, 5.41) is 11.0. The molecule has 0 aliphatic heterocycles. The lowest BCUT2D eigenvalue weighted by molar-refractivity contribution is -0.136. The lowest BCUT2D eigenvalue weighted by Gasteiger charge is -2.34. The smallest absolute Gasteiger partial charge is 0.318 e. The SMILES string of the molecule is C=CCN(C(=O)NCCC(=O)O)C(C)(C)C. The highest BCUT2D eigenvalue weighted by molar-refractivity contribution is 5.76. The van der Waals surface area contributed by atoms with Gasteiger partial charge in [-0.2, -0.15) is 0 Å². The van der Waals surface area contributed by atoms with E-state index >= 15 is 0 Å². The summed E-state index contributed by atoms with van der Waals surface area (Å²) in [6, 6.07) is -0.270. The number of nitrogens with zero attached hydrogens (tertiary/aromatic N) is 1. The maximum atomic E-state index is 11.7. The number of urea groups is 1. The van der Waals surface area contributed by atoms with E-state index < -0.39 is 5.97 Å². The van der Waals surface area contributed by atoms with Gasteiger partial charge in [0.05, 0.1) is 6.42 Å². The number of aliphatic carboxylic acids is 1. The van der Waals surface area contributed by atoms with Gasteiger partial charge in [-0.25, -0.2) is 4.79 Å². The Bertz CT molecular complexity index is 269. The van der Waals surface area contributed by atoms with Crippen molar-refractivity contribution in [2.45, 2.75) is 32.7 Å². The summed E-state index contributed by atoms with van der Waals surface area (Å²) in [7, 11) is 0. The Morgan fingerprint density at radius 3 is 2.38 bits per heavy atom. The van der Waals surface area contributed by atoms with Gasteiger partial charge in [0.15, 0.2) is 0 Å². The molecule has 2 amide bonds. The molecule has 0 saturated heterocycles. The number of hydrogen-bond acceptors (Lipinski definition) is 2. The van der Waals surface area contributed by atoms with Crippen LogP contribution in [0.3, 0.4) is 0 Å². The fraction of sp³-hybridized carbons (Fsp3) is 0.636. The fourth-order valence-electron chi connectivity index (χ4n) is 1.16. The van der Waals surface area contributed by atoms with Gasteiger partial charge >= 0.3 is 12.0 Å². The second-order valence-corrected chi connectivity index (χ2v) is 4.45. The van der Waals surface area contributed by atoms with Crippen molar-refractivity contribution in [3.05, 3.63) is 12.7 Å². The third-order valence-corrected chi connectivity index (χ3v) is 1.98. The van der Waals surface area contributed by atoms with Crippen LogP contribution in [0.4, 0.5) is 4.79 Å². The molecule has 0 bridgehead atoms. The highest BCUT2D eigenvalue weighted by atomic mass is 16.4. The predicted molar refractivity (Wildman–Crippen MR) is 62.3 cm³/mol. The molecule has 0 fully saturated rings. The Morgan fingerprint density at radius 2 is 2.00 bits per heavy atom. The molecule has 5 nitrogen and oxygen atoms in total. The molecule has 2 N–H and O–H groups in total. The Kier molecular flexibility index (Phi) is 5.56. The number of rotatable bonds is 5. The molecule has 0 saturated carbocycles. The van der Waals surface area contributed by atoms with Crippen LogP contribution in [-0.4, -0.2) is 40.6 Å². The summed E-state index contributed by atoms with van der Waals surface area (Å²) in [5.41, 5.74) is -0.318. The summed E-state index contributed by atoms with van der Waals surface area (Å²) in [5.74, 6) is -0.925. The molecule has 0 heterocycles. The minimum absolute atomic E-state index is 0.0716. The summed E-state index contributed by atoms with van der Waals surface area (Å²) in [6.07, 6.45) is 1.57. The Hall–Kier alpha value is -1.52. The van der Waals surface area contributed by atoms with Gasteiger partial charge in [0.1, 0.15) is 0 Å². The van der Waals surface area contributed by atoms with E-state index in [-0.39, 0.29) is 24.5 Å². The number of amides is 2. The first-order chi connectivity index (χ1) is 7.29. The van der Waals surface area contributed by atoms with Crippen LogP contribution in [0, 0.1) is 0 Å². The zero-order valence-electron chi connectivity index (χ0n) is 10.1. The number of carbonyl (C=O) groups excluding carboxylic acids is 1. The van der Waals surface area contributed by atoms with E-state index in [1.165, 1.54) is 0 Å². The Labute approximate surface area is 96.1 Å². The van der Waals surface area contributed by atoms with Gasteiger partial charge in [0, 0.05) is 18.6 Å². The maximum absolute atomic E-state index is 11.7. The molecule has 16 heavy (non-hydrogen) atoms. The largest absolute Gasteiger partial charge is 0.481 e. The standard InChI is InChI=1S/C11H20N2O3/c1-5-8-13(11(2,3)4)10(16)12-7-6-9(14)15/h5H,1,6-8H2,2-4H3,(H,12,16)(H,14,15). The second-order valence-electron chi connectivity index (χ2n) is 4.45. The highest BCUT2D eigenvalue weighted by Gasteiger charge is 2.24. The van der Waals surface area contributed by atoms with Crippen molar-refractivity contribution in [3.8, 4) is 0 Å². The zero-order valence-corrected chi connectivity index (χ0v) is 10.1. The molecule has 0 atom stereocenters. The number of carbonyl (C=O) groups is 2. The molecule has 0 aromatic heterocycles. The van der Waals surface area contributed by atoms with Gasteiger partial charge in [-0.1, -0.05) is 6.08 Å². The fourth-order valence-corrected chi connectivity index (χ4v) is 1.16. The predicted octanol–water partition coefficient (Wildman–Crippen LogP) is 1.46. The molecule has 0 aromatic carbocycles. The molecule has 0 rings (SSSR count).